The van der Waals surface area contributed by atoms with Crippen molar-refractivity contribution in [3.8, 4) is 5.88 Å². The molecule has 4 rings (SSSR count). The van der Waals surface area contributed by atoms with Crippen molar-refractivity contribution >= 4 is 38.4 Å². The zero-order chi connectivity index (χ0) is 16.5. The van der Waals surface area contributed by atoms with Gasteiger partial charge in [0.25, 0.3) is 5.91 Å². The van der Waals surface area contributed by atoms with E-state index < -0.39 is 0 Å². The predicted octanol–water partition coefficient (Wildman–Crippen LogP) is 3.36. The normalized spacial score (nSPS) is 13.1. The van der Waals surface area contributed by atoms with Crippen LogP contribution in [0, 0.1) is 0 Å². The van der Waals surface area contributed by atoms with Gasteiger partial charge in [0.2, 0.25) is 5.88 Å². The Morgan fingerprint density at radius 2 is 2.08 bits per heavy atom. The molecule has 3 aromatic rings. The van der Waals surface area contributed by atoms with Crippen LogP contribution in [0.25, 0.3) is 10.9 Å². The molecular formula is C18H14BrN3O2. The first kappa shape index (κ1) is 15.1. The topological polar surface area (TPSA) is 55.3 Å². The molecule has 0 saturated carbocycles. The van der Waals surface area contributed by atoms with Gasteiger partial charge in [-0.15, -0.1) is 0 Å². The molecule has 0 aliphatic carbocycles. The highest BCUT2D eigenvalue weighted by atomic mass is 79.9. The Morgan fingerprint density at radius 1 is 1.21 bits per heavy atom. The monoisotopic (exact) mass is 383 g/mol. The van der Waals surface area contributed by atoms with Gasteiger partial charge in [-0.05, 0) is 36.2 Å². The second kappa shape index (κ2) is 6.20. The lowest BCUT2D eigenvalue weighted by molar-refractivity contribution is -0.120. The lowest BCUT2D eigenvalue weighted by Crippen LogP contribution is -2.33. The van der Waals surface area contributed by atoms with Crippen molar-refractivity contribution in [2.75, 3.05) is 18.1 Å². The zero-order valence-electron chi connectivity index (χ0n) is 12.8. The van der Waals surface area contributed by atoms with Crippen molar-refractivity contribution in [1.82, 2.24) is 9.97 Å². The lowest BCUT2D eigenvalue weighted by atomic mass is 10.2. The Balaban J connectivity index is 1.54. The number of halogens is 1. The highest BCUT2D eigenvalue weighted by Gasteiger charge is 2.24. The smallest absolute Gasteiger partial charge is 0.264 e. The SMILES string of the molecule is O=C(COc1ncnc2ccc(Br)cc12)N1CCc2ccccc21. The maximum absolute atomic E-state index is 12.5. The van der Waals surface area contributed by atoms with E-state index in [0.717, 1.165) is 27.5 Å². The molecular weight excluding hydrogens is 370 g/mol. The number of fused-ring (bicyclic) bond motifs is 2. The van der Waals surface area contributed by atoms with Crippen LogP contribution in [0.1, 0.15) is 5.56 Å². The molecule has 0 N–H and O–H groups in total. The van der Waals surface area contributed by atoms with Crippen LogP contribution in [0.3, 0.4) is 0 Å². The van der Waals surface area contributed by atoms with Gasteiger partial charge in [0, 0.05) is 16.7 Å². The third-order valence-corrected chi connectivity index (χ3v) is 4.57. The van der Waals surface area contributed by atoms with E-state index in [0.29, 0.717) is 12.4 Å². The lowest BCUT2D eigenvalue weighted by Gasteiger charge is -2.17. The molecule has 120 valence electrons. The summed E-state index contributed by atoms with van der Waals surface area (Å²) in [5.41, 5.74) is 2.95. The molecule has 24 heavy (non-hydrogen) atoms. The number of aromatic nitrogens is 2. The fraction of sp³-hybridized carbons (Fsp3) is 0.167. The molecule has 2 heterocycles. The molecule has 1 aromatic heterocycles. The summed E-state index contributed by atoms with van der Waals surface area (Å²) >= 11 is 3.43. The number of amides is 1. The number of carbonyl (C=O) groups is 1. The van der Waals surface area contributed by atoms with Crippen molar-refractivity contribution in [2.24, 2.45) is 0 Å². The van der Waals surface area contributed by atoms with Crippen molar-refractivity contribution in [3.05, 3.63) is 58.8 Å². The quantitative estimate of drug-likeness (QED) is 0.695. The fourth-order valence-electron chi connectivity index (χ4n) is 2.93. The fourth-order valence-corrected chi connectivity index (χ4v) is 3.29. The van der Waals surface area contributed by atoms with Crippen LogP contribution >= 0.6 is 15.9 Å². The molecule has 5 nitrogen and oxygen atoms in total. The molecule has 0 atom stereocenters. The molecule has 1 aliphatic rings. The van der Waals surface area contributed by atoms with E-state index >= 15 is 0 Å². The van der Waals surface area contributed by atoms with Crippen molar-refractivity contribution in [1.29, 1.82) is 0 Å². The van der Waals surface area contributed by atoms with E-state index in [1.165, 1.54) is 11.9 Å². The molecule has 1 aliphatic heterocycles. The van der Waals surface area contributed by atoms with Crippen LogP contribution in [0.5, 0.6) is 5.88 Å². The number of nitrogens with zero attached hydrogens (tertiary/aromatic N) is 3. The standard InChI is InChI=1S/C18H14BrN3O2/c19-13-5-6-15-14(9-13)18(21-11-20-15)24-10-17(23)22-8-7-12-3-1-2-4-16(12)22/h1-6,9,11H,7-8,10H2. The summed E-state index contributed by atoms with van der Waals surface area (Å²) in [4.78, 5) is 22.7. The van der Waals surface area contributed by atoms with E-state index in [2.05, 4.69) is 32.0 Å². The third-order valence-electron chi connectivity index (χ3n) is 4.08. The van der Waals surface area contributed by atoms with E-state index in [4.69, 9.17) is 4.74 Å². The summed E-state index contributed by atoms with van der Waals surface area (Å²) in [6.07, 6.45) is 2.33. The number of hydrogen-bond acceptors (Lipinski definition) is 4. The van der Waals surface area contributed by atoms with Crippen LogP contribution in [0.4, 0.5) is 5.69 Å². The molecule has 2 aromatic carbocycles. The predicted molar refractivity (Wildman–Crippen MR) is 95.2 cm³/mol. The number of para-hydroxylation sites is 1. The van der Waals surface area contributed by atoms with Gasteiger partial charge >= 0.3 is 0 Å². The van der Waals surface area contributed by atoms with Gasteiger partial charge in [-0.1, -0.05) is 34.1 Å². The second-order valence-corrected chi connectivity index (χ2v) is 6.47. The van der Waals surface area contributed by atoms with Gasteiger partial charge in [-0.3, -0.25) is 4.79 Å². The Hall–Kier alpha value is -2.47. The summed E-state index contributed by atoms with van der Waals surface area (Å²) in [6, 6.07) is 13.6. The molecule has 1 amide bonds. The Bertz CT molecular complexity index is 929. The first-order valence-electron chi connectivity index (χ1n) is 7.64. The van der Waals surface area contributed by atoms with E-state index in [9.17, 15) is 4.79 Å². The summed E-state index contributed by atoms with van der Waals surface area (Å²) in [6.45, 7) is 0.643. The summed E-state index contributed by atoms with van der Waals surface area (Å²) in [5.74, 6) is 0.351. The molecule has 0 bridgehead atoms. The minimum Gasteiger partial charge on any atom is -0.467 e. The summed E-state index contributed by atoms with van der Waals surface area (Å²) < 4.78 is 6.61. The molecule has 0 radical (unpaired) electrons. The Labute approximate surface area is 147 Å². The maximum Gasteiger partial charge on any atom is 0.264 e. The minimum atomic E-state index is -0.0679. The second-order valence-electron chi connectivity index (χ2n) is 5.55. The third kappa shape index (κ3) is 2.73. The number of anilines is 1. The first-order chi connectivity index (χ1) is 11.7. The van der Waals surface area contributed by atoms with Gasteiger partial charge in [-0.2, -0.15) is 0 Å². The van der Waals surface area contributed by atoms with Gasteiger partial charge in [0.15, 0.2) is 6.61 Å². The van der Waals surface area contributed by atoms with Gasteiger partial charge < -0.3 is 9.64 Å². The molecule has 0 unspecified atom stereocenters. The molecule has 0 fully saturated rings. The van der Waals surface area contributed by atoms with Crippen LogP contribution < -0.4 is 9.64 Å². The number of rotatable bonds is 3. The number of ether oxygens (including phenoxy) is 1. The average molecular weight is 384 g/mol. The first-order valence-corrected chi connectivity index (χ1v) is 8.43. The van der Waals surface area contributed by atoms with Crippen molar-refractivity contribution < 1.29 is 9.53 Å². The summed E-state index contributed by atoms with van der Waals surface area (Å²) in [5, 5.41) is 0.779. The van der Waals surface area contributed by atoms with Gasteiger partial charge in [0.05, 0.1) is 10.9 Å². The van der Waals surface area contributed by atoms with Crippen LogP contribution in [0.15, 0.2) is 53.3 Å². The van der Waals surface area contributed by atoms with Crippen LogP contribution in [-0.4, -0.2) is 29.0 Å². The minimum absolute atomic E-state index is 0.0486. The zero-order valence-corrected chi connectivity index (χ0v) is 14.4. The van der Waals surface area contributed by atoms with Crippen LogP contribution in [-0.2, 0) is 11.2 Å². The number of benzene rings is 2. The van der Waals surface area contributed by atoms with Gasteiger partial charge in [-0.25, -0.2) is 9.97 Å². The number of carbonyl (C=O) groups excluding carboxylic acids is 1. The molecule has 6 heteroatoms. The van der Waals surface area contributed by atoms with E-state index in [1.54, 1.807) is 4.90 Å². The highest BCUT2D eigenvalue weighted by molar-refractivity contribution is 9.10. The van der Waals surface area contributed by atoms with Crippen molar-refractivity contribution in [3.63, 3.8) is 0 Å². The average Bonchev–Trinajstić information content (AvgIpc) is 3.04. The van der Waals surface area contributed by atoms with Crippen molar-refractivity contribution in [2.45, 2.75) is 6.42 Å². The highest BCUT2D eigenvalue weighted by Crippen LogP contribution is 2.28. The van der Waals surface area contributed by atoms with E-state index in [1.807, 2.05) is 36.4 Å². The molecule has 0 spiro atoms. The Kier molecular flexibility index (Phi) is 3.90. The van der Waals surface area contributed by atoms with Crippen LogP contribution in [0.2, 0.25) is 0 Å². The van der Waals surface area contributed by atoms with E-state index in [-0.39, 0.29) is 12.5 Å². The largest absolute Gasteiger partial charge is 0.467 e. The molecule has 0 saturated heterocycles. The summed E-state index contributed by atoms with van der Waals surface area (Å²) in [7, 11) is 0. The number of hydrogen-bond donors (Lipinski definition) is 0. The Morgan fingerprint density at radius 3 is 3.00 bits per heavy atom. The maximum atomic E-state index is 12.5. The van der Waals surface area contributed by atoms with Gasteiger partial charge in [0.1, 0.15) is 6.33 Å².